The zero-order valence-corrected chi connectivity index (χ0v) is 13.7. The van der Waals surface area contributed by atoms with Gasteiger partial charge in [0.25, 0.3) is 11.6 Å². The molecule has 23 heavy (non-hydrogen) atoms. The molecule has 3 aromatic rings. The van der Waals surface area contributed by atoms with Crippen molar-refractivity contribution in [1.82, 2.24) is 4.98 Å². The van der Waals surface area contributed by atoms with Gasteiger partial charge in [0, 0.05) is 23.1 Å². The largest absolute Gasteiger partial charge is 0.298 e. The minimum Gasteiger partial charge on any atom is -0.298 e. The molecule has 0 aliphatic rings. The van der Waals surface area contributed by atoms with Gasteiger partial charge in [-0.2, -0.15) is 0 Å². The number of thiazole rings is 1. The molecule has 0 aliphatic heterocycles. The first kappa shape index (κ1) is 15.6. The van der Waals surface area contributed by atoms with Crippen molar-refractivity contribution in [2.24, 2.45) is 0 Å². The van der Waals surface area contributed by atoms with E-state index in [1.807, 2.05) is 11.4 Å². The van der Waals surface area contributed by atoms with Crippen LogP contribution in [-0.4, -0.2) is 15.8 Å². The van der Waals surface area contributed by atoms with Crippen molar-refractivity contribution < 1.29 is 9.72 Å². The van der Waals surface area contributed by atoms with E-state index in [2.05, 4.69) is 10.3 Å². The van der Waals surface area contributed by atoms with E-state index in [1.165, 1.54) is 46.9 Å². The molecule has 9 heteroatoms. The van der Waals surface area contributed by atoms with E-state index < -0.39 is 10.8 Å². The number of anilines is 1. The molecule has 0 atom stereocenters. The lowest BCUT2D eigenvalue weighted by Gasteiger charge is -2.01. The predicted octanol–water partition coefficient (Wildman–Crippen LogP) is 4.69. The molecule has 1 amide bonds. The molecule has 0 unspecified atom stereocenters. The Morgan fingerprint density at radius 2 is 2.13 bits per heavy atom. The fourth-order valence-corrected chi connectivity index (χ4v) is 3.61. The number of rotatable bonds is 4. The summed E-state index contributed by atoms with van der Waals surface area (Å²) >= 11 is 8.56. The van der Waals surface area contributed by atoms with E-state index in [4.69, 9.17) is 11.6 Å². The van der Waals surface area contributed by atoms with E-state index in [0.29, 0.717) is 9.47 Å². The maximum atomic E-state index is 12.2. The van der Waals surface area contributed by atoms with Gasteiger partial charge in [-0.1, -0.05) is 17.7 Å². The number of nitro groups is 1. The third-order valence-corrected chi connectivity index (χ3v) is 4.88. The van der Waals surface area contributed by atoms with Crippen LogP contribution in [0.5, 0.6) is 0 Å². The van der Waals surface area contributed by atoms with Crippen LogP contribution in [0.2, 0.25) is 4.34 Å². The Kier molecular flexibility index (Phi) is 4.37. The Balaban J connectivity index is 1.77. The maximum Gasteiger partial charge on any atom is 0.270 e. The number of hydrogen-bond acceptors (Lipinski definition) is 6. The van der Waals surface area contributed by atoms with Gasteiger partial charge in [0.1, 0.15) is 0 Å². The summed E-state index contributed by atoms with van der Waals surface area (Å²) in [6.45, 7) is 0. The van der Waals surface area contributed by atoms with Gasteiger partial charge in [-0.15, -0.1) is 22.7 Å². The fourth-order valence-electron chi connectivity index (χ4n) is 1.83. The Labute approximate surface area is 143 Å². The van der Waals surface area contributed by atoms with Crippen LogP contribution in [0.4, 0.5) is 10.8 Å². The van der Waals surface area contributed by atoms with Crippen LogP contribution in [0, 0.1) is 10.1 Å². The van der Waals surface area contributed by atoms with E-state index >= 15 is 0 Å². The highest BCUT2D eigenvalue weighted by atomic mass is 35.5. The van der Waals surface area contributed by atoms with Crippen molar-refractivity contribution in [1.29, 1.82) is 0 Å². The number of halogens is 1. The molecule has 2 aromatic heterocycles. The summed E-state index contributed by atoms with van der Waals surface area (Å²) in [5, 5.41) is 15.6. The maximum absolute atomic E-state index is 12.2. The number of hydrogen-bond donors (Lipinski definition) is 1. The smallest absolute Gasteiger partial charge is 0.270 e. The average Bonchev–Trinajstić information content (AvgIpc) is 3.16. The van der Waals surface area contributed by atoms with Crippen molar-refractivity contribution >= 4 is 51.0 Å². The normalized spacial score (nSPS) is 10.5. The zero-order chi connectivity index (χ0) is 16.4. The third-order valence-electron chi connectivity index (χ3n) is 2.87. The molecule has 116 valence electrons. The second-order valence-electron chi connectivity index (χ2n) is 4.40. The summed E-state index contributed by atoms with van der Waals surface area (Å²) in [4.78, 5) is 27.6. The molecule has 0 aliphatic carbocycles. The van der Waals surface area contributed by atoms with Crippen molar-refractivity contribution in [3.8, 4) is 10.6 Å². The number of nitrogens with one attached hydrogen (secondary N) is 1. The molecule has 1 aromatic carbocycles. The van der Waals surface area contributed by atoms with Gasteiger partial charge >= 0.3 is 0 Å². The lowest BCUT2D eigenvalue weighted by atomic mass is 10.2. The molecule has 2 heterocycles. The first-order valence-electron chi connectivity index (χ1n) is 6.30. The topological polar surface area (TPSA) is 85.1 Å². The molecule has 0 spiro atoms. The van der Waals surface area contributed by atoms with Gasteiger partial charge in [0.15, 0.2) is 5.13 Å². The predicted molar refractivity (Wildman–Crippen MR) is 91.5 cm³/mol. The highest BCUT2D eigenvalue weighted by Crippen LogP contribution is 2.33. The van der Waals surface area contributed by atoms with Gasteiger partial charge in [0.2, 0.25) is 0 Å². The Bertz CT molecular complexity index is 891. The molecule has 6 nitrogen and oxygen atoms in total. The van der Waals surface area contributed by atoms with Crippen LogP contribution >= 0.6 is 34.3 Å². The molecule has 3 rings (SSSR count). The second kappa shape index (κ2) is 6.45. The Morgan fingerprint density at radius 1 is 1.30 bits per heavy atom. The highest BCUT2D eigenvalue weighted by Gasteiger charge is 2.14. The molecule has 0 fully saturated rings. The second-order valence-corrected chi connectivity index (χ2v) is 6.98. The lowest BCUT2D eigenvalue weighted by Crippen LogP contribution is -2.11. The molecule has 0 saturated heterocycles. The molecular formula is C14H8ClN3O3S2. The molecule has 0 radical (unpaired) electrons. The van der Waals surface area contributed by atoms with Crippen molar-refractivity contribution in [2.45, 2.75) is 0 Å². The molecule has 0 bridgehead atoms. The zero-order valence-electron chi connectivity index (χ0n) is 11.4. The van der Waals surface area contributed by atoms with Gasteiger partial charge in [-0.05, 0) is 18.2 Å². The van der Waals surface area contributed by atoms with E-state index in [9.17, 15) is 14.9 Å². The number of thiophene rings is 1. The summed E-state index contributed by atoms with van der Waals surface area (Å²) in [6.07, 6.45) is 0. The van der Waals surface area contributed by atoms with Crippen LogP contribution in [0.3, 0.4) is 0 Å². The van der Waals surface area contributed by atoms with Gasteiger partial charge in [0.05, 0.1) is 19.8 Å². The number of aromatic nitrogens is 1. The van der Waals surface area contributed by atoms with Gasteiger partial charge in [-0.3, -0.25) is 20.2 Å². The van der Waals surface area contributed by atoms with E-state index in [1.54, 1.807) is 6.07 Å². The Morgan fingerprint density at radius 3 is 2.83 bits per heavy atom. The number of benzene rings is 1. The number of non-ortho nitro benzene ring substituents is 1. The van der Waals surface area contributed by atoms with E-state index in [-0.39, 0.29) is 11.3 Å². The number of nitro benzene ring substituents is 1. The summed E-state index contributed by atoms with van der Waals surface area (Å²) in [6, 6.07) is 9.17. The SMILES string of the molecule is O=C(Nc1nc(-c2ccc(Cl)s2)cs1)c1cccc([N+](=O)[O-])c1. The van der Waals surface area contributed by atoms with Crippen LogP contribution in [-0.2, 0) is 0 Å². The average molecular weight is 366 g/mol. The number of carbonyl (C=O) groups excluding carboxylic acids is 1. The summed E-state index contributed by atoms with van der Waals surface area (Å²) < 4.78 is 0.662. The van der Waals surface area contributed by atoms with Crippen LogP contribution in [0.1, 0.15) is 10.4 Å². The van der Waals surface area contributed by atoms with Crippen molar-refractivity contribution in [3.63, 3.8) is 0 Å². The quantitative estimate of drug-likeness (QED) is 0.537. The first-order chi connectivity index (χ1) is 11.0. The van der Waals surface area contributed by atoms with Crippen molar-refractivity contribution in [3.05, 3.63) is 61.8 Å². The fraction of sp³-hybridized carbons (Fsp3) is 0. The minimum absolute atomic E-state index is 0.134. The number of amides is 1. The van der Waals surface area contributed by atoms with Crippen LogP contribution in [0.25, 0.3) is 10.6 Å². The standard InChI is InChI=1S/C14H8ClN3O3S2/c15-12-5-4-11(23-12)10-7-22-14(16-10)17-13(19)8-2-1-3-9(6-8)18(20)21/h1-7H,(H,16,17,19). The summed E-state index contributed by atoms with van der Waals surface area (Å²) in [5.41, 5.74) is 0.794. The highest BCUT2D eigenvalue weighted by molar-refractivity contribution is 7.20. The summed E-state index contributed by atoms with van der Waals surface area (Å²) in [5.74, 6) is -0.446. The lowest BCUT2D eigenvalue weighted by molar-refractivity contribution is -0.384. The first-order valence-corrected chi connectivity index (χ1v) is 8.37. The molecular weight excluding hydrogens is 358 g/mol. The molecule has 1 N–H and O–H groups in total. The van der Waals surface area contributed by atoms with Gasteiger partial charge < -0.3 is 0 Å². The van der Waals surface area contributed by atoms with Crippen LogP contribution in [0.15, 0.2) is 41.8 Å². The number of nitrogens with zero attached hydrogens (tertiary/aromatic N) is 2. The Hall–Kier alpha value is -2.29. The third kappa shape index (κ3) is 3.55. The monoisotopic (exact) mass is 365 g/mol. The molecule has 0 saturated carbocycles. The summed E-state index contributed by atoms with van der Waals surface area (Å²) in [7, 11) is 0. The van der Waals surface area contributed by atoms with Gasteiger partial charge in [-0.25, -0.2) is 4.98 Å². The van der Waals surface area contributed by atoms with E-state index in [0.717, 1.165) is 10.6 Å². The van der Waals surface area contributed by atoms with Crippen LogP contribution < -0.4 is 5.32 Å². The van der Waals surface area contributed by atoms with Crippen molar-refractivity contribution in [2.75, 3.05) is 5.32 Å². The number of carbonyl (C=O) groups is 1. The minimum atomic E-state index is -0.543.